The van der Waals surface area contributed by atoms with Gasteiger partial charge in [-0.1, -0.05) is 18.2 Å². The predicted octanol–water partition coefficient (Wildman–Crippen LogP) is 4.95. The van der Waals surface area contributed by atoms with Crippen LogP contribution < -0.4 is 5.73 Å². The number of imidazole rings is 1. The highest BCUT2D eigenvalue weighted by molar-refractivity contribution is 7.98. The second kappa shape index (κ2) is 9.11. The number of nitrogen functional groups attached to an aromatic ring is 1. The van der Waals surface area contributed by atoms with Crippen molar-refractivity contribution in [2.45, 2.75) is 43.9 Å². The van der Waals surface area contributed by atoms with Crippen LogP contribution in [0.5, 0.6) is 0 Å². The second-order valence-electron chi connectivity index (χ2n) is 7.79. The Bertz CT molecular complexity index is 1330. The number of fused-ring (bicyclic) bond motifs is 3. The predicted molar refractivity (Wildman–Crippen MR) is 128 cm³/mol. The zero-order valence-electron chi connectivity index (χ0n) is 18.0. The molecule has 4 aromatic rings. The van der Waals surface area contributed by atoms with Crippen LogP contribution in [-0.4, -0.2) is 31.7 Å². The number of ether oxygens (including phenoxy) is 1. The van der Waals surface area contributed by atoms with Crippen molar-refractivity contribution in [3.8, 4) is 5.69 Å². The molecule has 1 aromatic carbocycles. The first kappa shape index (κ1) is 21.8. The fourth-order valence-corrected chi connectivity index (χ4v) is 5.97. The van der Waals surface area contributed by atoms with Gasteiger partial charge in [0.25, 0.3) is 0 Å². The number of carbonyl (C=O) groups is 1. The molecule has 0 aliphatic heterocycles. The number of aryl methyl sites for hydroxylation is 2. The lowest BCUT2D eigenvalue weighted by atomic mass is 10.1. The standard InChI is InChI=1S/C23H22FN5O2S2/c1-32-23-26-11-16(29(23)14-9-7-13(24)8-10-14)22(30)31-12-18-27-20(25)19-15-5-3-2-4-6-17(15)33-21(19)28-18/h7-11H,2-6,12H2,1H3,(H2,25,27,28). The topological polar surface area (TPSA) is 95.9 Å². The van der Waals surface area contributed by atoms with Crippen LogP contribution in [0.4, 0.5) is 10.2 Å². The van der Waals surface area contributed by atoms with Crippen LogP contribution in [-0.2, 0) is 24.2 Å². The number of aromatic nitrogens is 4. The van der Waals surface area contributed by atoms with Crippen LogP contribution in [0.1, 0.15) is 46.0 Å². The molecule has 0 spiro atoms. The lowest BCUT2D eigenvalue weighted by molar-refractivity contribution is 0.0452. The maximum absolute atomic E-state index is 13.4. The van der Waals surface area contributed by atoms with Gasteiger partial charge in [0.15, 0.2) is 23.3 Å². The molecule has 0 amide bonds. The van der Waals surface area contributed by atoms with E-state index in [1.54, 1.807) is 28.0 Å². The largest absolute Gasteiger partial charge is 0.453 e. The Morgan fingerprint density at radius 1 is 1.21 bits per heavy atom. The van der Waals surface area contributed by atoms with Crippen LogP contribution in [0.25, 0.3) is 15.9 Å². The molecule has 0 unspecified atom stereocenters. The first-order chi connectivity index (χ1) is 16.0. The Labute approximate surface area is 198 Å². The number of hydrogen-bond acceptors (Lipinski definition) is 8. The Kier molecular flexibility index (Phi) is 6.03. The number of hydrogen-bond donors (Lipinski definition) is 1. The lowest BCUT2D eigenvalue weighted by Crippen LogP contribution is -2.13. The van der Waals surface area contributed by atoms with E-state index in [1.807, 2.05) is 6.26 Å². The summed E-state index contributed by atoms with van der Waals surface area (Å²) in [6.45, 7) is -0.106. The third kappa shape index (κ3) is 4.20. The molecule has 5 rings (SSSR count). The molecule has 1 aliphatic rings. The van der Waals surface area contributed by atoms with E-state index in [1.165, 1.54) is 53.4 Å². The summed E-state index contributed by atoms with van der Waals surface area (Å²) in [5.41, 5.74) is 8.43. The van der Waals surface area contributed by atoms with Crippen LogP contribution in [0.3, 0.4) is 0 Å². The highest BCUT2D eigenvalue weighted by atomic mass is 32.2. The van der Waals surface area contributed by atoms with Crippen LogP contribution in [0, 0.1) is 5.82 Å². The molecular weight excluding hydrogens is 461 g/mol. The second-order valence-corrected chi connectivity index (χ2v) is 9.64. The van der Waals surface area contributed by atoms with Crippen LogP contribution in [0.15, 0.2) is 35.6 Å². The molecule has 3 aromatic heterocycles. The van der Waals surface area contributed by atoms with Gasteiger partial charge in [-0.3, -0.25) is 4.57 Å². The zero-order valence-corrected chi connectivity index (χ0v) is 19.6. The molecule has 170 valence electrons. The molecule has 0 saturated heterocycles. The molecule has 10 heteroatoms. The van der Waals surface area contributed by atoms with E-state index < -0.39 is 5.97 Å². The van der Waals surface area contributed by atoms with Crippen molar-refractivity contribution in [3.63, 3.8) is 0 Å². The summed E-state index contributed by atoms with van der Waals surface area (Å²) in [5, 5.41) is 1.54. The van der Waals surface area contributed by atoms with Crippen LogP contribution in [0.2, 0.25) is 0 Å². The monoisotopic (exact) mass is 483 g/mol. The summed E-state index contributed by atoms with van der Waals surface area (Å²) < 4.78 is 20.5. The van der Waals surface area contributed by atoms with Crippen molar-refractivity contribution in [1.29, 1.82) is 0 Å². The van der Waals surface area contributed by atoms with Gasteiger partial charge in [-0.25, -0.2) is 24.1 Å². The van der Waals surface area contributed by atoms with Crippen LogP contribution >= 0.6 is 23.1 Å². The van der Waals surface area contributed by atoms with E-state index in [0.717, 1.165) is 29.5 Å². The van der Waals surface area contributed by atoms with Crippen molar-refractivity contribution >= 4 is 45.1 Å². The van der Waals surface area contributed by atoms with E-state index in [0.29, 0.717) is 22.5 Å². The Hall–Kier alpha value is -2.98. The molecule has 1 aliphatic carbocycles. The molecule has 7 nitrogen and oxygen atoms in total. The summed E-state index contributed by atoms with van der Waals surface area (Å²) >= 11 is 3.04. The SMILES string of the molecule is CSc1ncc(C(=O)OCc2nc(N)c3c4c(sc3n2)CCCCC4)n1-c1ccc(F)cc1. The summed E-state index contributed by atoms with van der Waals surface area (Å²) in [6, 6.07) is 5.85. The number of thioether (sulfide) groups is 1. The molecule has 3 heterocycles. The fraction of sp³-hybridized carbons (Fsp3) is 0.304. The molecule has 0 bridgehead atoms. The van der Waals surface area contributed by atoms with E-state index in [4.69, 9.17) is 10.5 Å². The molecule has 2 N–H and O–H groups in total. The number of anilines is 1. The number of rotatable bonds is 5. The van der Waals surface area contributed by atoms with Crippen molar-refractivity contribution in [2.24, 2.45) is 0 Å². The molecule has 33 heavy (non-hydrogen) atoms. The molecule has 0 fully saturated rings. The van der Waals surface area contributed by atoms with Crippen molar-refractivity contribution in [2.75, 3.05) is 12.0 Å². The quantitative estimate of drug-likeness (QED) is 0.244. The minimum atomic E-state index is -0.573. The minimum Gasteiger partial charge on any atom is -0.453 e. The average Bonchev–Trinajstić information content (AvgIpc) is 3.32. The van der Waals surface area contributed by atoms with Gasteiger partial charge in [0.05, 0.1) is 11.6 Å². The van der Waals surface area contributed by atoms with Gasteiger partial charge in [0.2, 0.25) is 0 Å². The first-order valence-corrected chi connectivity index (χ1v) is 12.7. The van der Waals surface area contributed by atoms with E-state index in [9.17, 15) is 9.18 Å². The van der Waals surface area contributed by atoms with Gasteiger partial charge in [-0.05, 0) is 61.8 Å². The fourth-order valence-electron chi connectivity index (χ4n) is 4.14. The van der Waals surface area contributed by atoms with E-state index in [-0.39, 0.29) is 18.1 Å². The highest BCUT2D eigenvalue weighted by Crippen LogP contribution is 2.37. The summed E-state index contributed by atoms with van der Waals surface area (Å²) in [4.78, 5) is 28.4. The third-order valence-corrected chi connectivity index (χ3v) is 7.52. The van der Waals surface area contributed by atoms with Gasteiger partial charge >= 0.3 is 5.97 Å². The number of nitrogens with zero attached hydrogens (tertiary/aromatic N) is 4. The van der Waals surface area contributed by atoms with E-state index in [2.05, 4.69) is 15.0 Å². The number of esters is 1. The van der Waals surface area contributed by atoms with Gasteiger partial charge in [-0.15, -0.1) is 11.3 Å². The number of carbonyl (C=O) groups excluding carboxylic acids is 1. The van der Waals surface area contributed by atoms with Crippen molar-refractivity contribution in [3.05, 3.63) is 58.2 Å². The Balaban J connectivity index is 1.40. The van der Waals surface area contributed by atoms with Crippen molar-refractivity contribution in [1.82, 2.24) is 19.5 Å². The highest BCUT2D eigenvalue weighted by Gasteiger charge is 2.22. The van der Waals surface area contributed by atoms with E-state index >= 15 is 0 Å². The third-order valence-electron chi connectivity index (χ3n) is 5.68. The zero-order chi connectivity index (χ0) is 22.9. The molecule has 0 radical (unpaired) electrons. The summed E-state index contributed by atoms with van der Waals surface area (Å²) in [5.74, 6) is -0.129. The Morgan fingerprint density at radius 2 is 2.00 bits per heavy atom. The molecule has 0 saturated carbocycles. The summed E-state index contributed by atoms with van der Waals surface area (Å²) in [7, 11) is 0. The Morgan fingerprint density at radius 3 is 2.79 bits per heavy atom. The summed E-state index contributed by atoms with van der Waals surface area (Å²) in [6.07, 6.45) is 8.91. The number of benzene rings is 1. The number of halogens is 1. The van der Waals surface area contributed by atoms with Gasteiger partial charge < -0.3 is 10.5 Å². The smallest absolute Gasteiger partial charge is 0.357 e. The first-order valence-electron chi connectivity index (χ1n) is 10.7. The van der Waals surface area contributed by atoms with Crippen molar-refractivity contribution < 1.29 is 13.9 Å². The van der Waals surface area contributed by atoms with Gasteiger partial charge in [0.1, 0.15) is 16.5 Å². The van der Waals surface area contributed by atoms with Gasteiger partial charge in [0, 0.05) is 10.6 Å². The maximum atomic E-state index is 13.4. The minimum absolute atomic E-state index is 0.106. The maximum Gasteiger partial charge on any atom is 0.357 e. The number of nitrogens with two attached hydrogens (primary N) is 1. The van der Waals surface area contributed by atoms with Gasteiger partial charge in [-0.2, -0.15) is 0 Å². The lowest BCUT2D eigenvalue weighted by Gasteiger charge is -2.11. The normalized spacial score (nSPS) is 13.6. The molecular formula is C23H22FN5O2S2. The molecule has 0 atom stereocenters. The number of thiophene rings is 1. The average molecular weight is 484 g/mol.